The van der Waals surface area contributed by atoms with Crippen molar-refractivity contribution < 1.29 is 9.53 Å². The lowest BCUT2D eigenvalue weighted by Crippen LogP contribution is -2.33. The standard InChI is InChI=1S/C10H13BrN2O2/c1-13(7-6-12)10(14)15-9-5-3-2-4-8(9)11/h2-5H,6-7,12H2,1H3. The highest BCUT2D eigenvalue weighted by atomic mass is 79.9. The largest absolute Gasteiger partial charge is 0.415 e. The first-order valence-corrected chi connectivity index (χ1v) is 5.32. The van der Waals surface area contributed by atoms with Crippen molar-refractivity contribution in [1.29, 1.82) is 0 Å². The van der Waals surface area contributed by atoms with Crippen LogP contribution in [-0.4, -0.2) is 31.1 Å². The van der Waals surface area contributed by atoms with E-state index in [2.05, 4.69) is 15.9 Å². The molecular formula is C10H13BrN2O2. The lowest BCUT2D eigenvalue weighted by molar-refractivity contribution is 0.164. The summed E-state index contributed by atoms with van der Waals surface area (Å²) in [5.74, 6) is 0.506. The number of ether oxygens (including phenoxy) is 1. The van der Waals surface area contributed by atoms with E-state index >= 15 is 0 Å². The maximum Gasteiger partial charge on any atom is 0.415 e. The van der Waals surface area contributed by atoms with Crippen LogP contribution in [0.4, 0.5) is 4.79 Å². The molecule has 0 aliphatic carbocycles. The van der Waals surface area contributed by atoms with Crippen molar-refractivity contribution in [1.82, 2.24) is 4.90 Å². The minimum Gasteiger partial charge on any atom is -0.409 e. The Balaban J connectivity index is 2.62. The summed E-state index contributed by atoms with van der Waals surface area (Å²) in [5, 5.41) is 0. The summed E-state index contributed by atoms with van der Waals surface area (Å²) in [6, 6.07) is 7.19. The molecule has 0 radical (unpaired) electrons. The van der Waals surface area contributed by atoms with E-state index in [1.807, 2.05) is 12.1 Å². The maximum atomic E-state index is 11.5. The summed E-state index contributed by atoms with van der Waals surface area (Å²) in [6.07, 6.45) is -0.410. The lowest BCUT2D eigenvalue weighted by atomic mass is 10.3. The highest BCUT2D eigenvalue weighted by Gasteiger charge is 2.11. The third kappa shape index (κ3) is 3.53. The van der Waals surface area contributed by atoms with E-state index in [1.165, 1.54) is 4.90 Å². The summed E-state index contributed by atoms with van der Waals surface area (Å²) < 4.78 is 5.89. The molecule has 0 saturated heterocycles. The summed E-state index contributed by atoms with van der Waals surface area (Å²) in [5.41, 5.74) is 5.33. The molecule has 1 aromatic carbocycles. The first-order valence-electron chi connectivity index (χ1n) is 4.52. The minimum atomic E-state index is -0.410. The number of nitrogens with two attached hydrogens (primary N) is 1. The van der Waals surface area contributed by atoms with E-state index in [1.54, 1.807) is 19.2 Å². The van der Waals surface area contributed by atoms with Crippen LogP contribution in [0.15, 0.2) is 28.7 Å². The summed E-state index contributed by atoms with van der Waals surface area (Å²) in [6.45, 7) is 0.894. The predicted molar refractivity (Wildman–Crippen MR) is 61.9 cm³/mol. The van der Waals surface area contributed by atoms with Gasteiger partial charge in [-0.3, -0.25) is 0 Å². The van der Waals surface area contributed by atoms with Crippen molar-refractivity contribution in [2.24, 2.45) is 5.73 Å². The number of hydrogen-bond donors (Lipinski definition) is 1. The van der Waals surface area contributed by atoms with Gasteiger partial charge in [0, 0.05) is 20.1 Å². The second kappa shape index (κ2) is 5.72. The van der Waals surface area contributed by atoms with Gasteiger partial charge < -0.3 is 15.4 Å². The van der Waals surface area contributed by atoms with Crippen LogP contribution in [0.5, 0.6) is 5.75 Å². The number of likely N-dealkylation sites (N-methyl/N-ethyl adjacent to an activating group) is 1. The van der Waals surface area contributed by atoms with Crippen molar-refractivity contribution in [3.63, 3.8) is 0 Å². The minimum absolute atomic E-state index is 0.410. The molecule has 0 aliphatic heterocycles. The Morgan fingerprint density at radius 2 is 2.20 bits per heavy atom. The van der Waals surface area contributed by atoms with E-state index in [4.69, 9.17) is 10.5 Å². The van der Waals surface area contributed by atoms with Gasteiger partial charge >= 0.3 is 6.09 Å². The quantitative estimate of drug-likeness (QED) is 0.914. The molecule has 0 aliphatic rings. The molecule has 2 N–H and O–H groups in total. The van der Waals surface area contributed by atoms with E-state index < -0.39 is 6.09 Å². The molecule has 0 saturated carbocycles. The van der Waals surface area contributed by atoms with E-state index in [0.29, 0.717) is 18.8 Å². The van der Waals surface area contributed by atoms with E-state index in [0.717, 1.165) is 4.47 Å². The number of hydrogen-bond acceptors (Lipinski definition) is 3. The number of halogens is 1. The Bertz CT molecular complexity index is 344. The maximum absolute atomic E-state index is 11.5. The molecule has 1 rings (SSSR count). The number of para-hydroxylation sites is 1. The normalized spacial score (nSPS) is 9.80. The topological polar surface area (TPSA) is 55.6 Å². The summed E-state index contributed by atoms with van der Waals surface area (Å²) in [7, 11) is 1.64. The molecule has 0 atom stereocenters. The number of nitrogens with zero attached hydrogens (tertiary/aromatic N) is 1. The molecule has 0 bridgehead atoms. The van der Waals surface area contributed by atoms with Gasteiger partial charge in [-0.25, -0.2) is 4.79 Å². The molecule has 0 spiro atoms. The zero-order valence-corrected chi connectivity index (χ0v) is 10.0. The zero-order chi connectivity index (χ0) is 11.3. The summed E-state index contributed by atoms with van der Waals surface area (Å²) in [4.78, 5) is 12.9. The molecule has 1 amide bonds. The van der Waals surface area contributed by atoms with Crippen LogP contribution in [0, 0.1) is 0 Å². The summed E-state index contributed by atoms with van der Waals surface area (Å²) >= 11 is 3.29. The fraction of sp³-hybridized carbons (Fsp3) is 0.300. The van der Waals surface area contributed by atoms with Gasteiger partial charge in [-0.1, -0.05) is 12.1 Å². The van der Waals surface area contributed by atoms with Crippen molar-refractivity contribution in [3.05, 3.63) is 28.7 Å². The molecule has 0 aromatic heterocycles. The highest BCUT2D eigenvalue weighted by molar-refractivity contribution is 9.10. The van der Waals surface area contributed by atoms with Gasteiger partial charge in [-0.2, -0.15) is 0 Å². The van der Waals surface area contributed by atoms with Gasteiger partial charge in [0.25, 0.3) is 0 Å². The van der Waals surface area contributed by atoms with Gasteiger partial charge in [0.15, 0.2) is 0 Å². The number of carbonyl (C=O) groups excluding carboxylic acids is 1. The predicted octanol–water partition coefficient (Wildman–Crippen LogP) is 1.84. The van der Waals surface area contributed by atoms with Crippen LogP contribution in [0.2, 0.25) is 0 Å². The molecular weight excluding hydrogens is 260 g/mol. The molecule has 15 heavy (non-hydrogen) atoms. The molecule has 82 valence electrons. The van der Waals surface area contributed by atoms with Crippen molar-refractivity contribution >= 4 is 22.0 Å². The monoisotopic (exact) mass is 272 g/mol. The SMILES string of the molecule is CN(CCN)C(=O)Oc1ccccc1Br. The Labute approximate surface area is 97.1 Å². The smallest absolute Gasteiger partial charge is 0.409 e. The van der Waals surface area contributed by atoms with Gasteiger partial charge in [0.1, 0.15) is 5.75 Å². The second-order valence-electron chi connectivity index (χ2n) is 3.01. The van der Waals surface area contributed by atoms with Crippen molar-refractivity contribution in [2.45, 2.75) is 0 Å². The highest BCUT2D eigenvalue weighted by Crippen LogP contribution is 2.24. The van der Waals surface area contributed by atoms with Gasteiger partial charge in [0.05, 0.1) is 4.47 Å². The Kier molecular flexibility index (Phi) is 4.58. The fourth-order valence-electron chi connectivity index (χ4n) is 0.984. The molecule has 0 fully saturated rings. The fourth-order valence-corrected chi connectivity index (χ4v) is 1.35. The molecule has 4 nitrogen and oxygen atoms in total. The second-order valence-corrected chi connectivity index (χ2v) is 3.86. The van der Waals surface area contributed by atoms with Gasteiger partial charge in [0.2, 0.25) is 0 Å². The first kappa shape index (κ1) is 12.0. The number of rotatable bonds is 3. The van der Waals surface area contributed by atoms with Gasteiger partial charge in [-0.15, -0.1) is 0 Å². The number of carbonyl (C=O) groups is 1. The first-order chi connectivity index (χ1) is 7.15. The van der Waals surface area contributed by atoms with E-state index in [9.17, 15) is 4.79 Å². The van der Waals surface area contributed by atoms with Crippen LogP contribution in [0.1, 0.15) is 0 Å². The average Bonchev–Trinajstić information content (AvgIpc) is 2.21. The zero-order valence-electron chi connectivity index (χ0n) is 8.44. The van der Waals surface area contributed by atoms with Crippen LogP contribution in [0.3, 0.4) is 0 Å². The third-order valence-corrected chi connectivity index (χ3v) is 2.47. The van der Waals surface area contributed by atoms with Crippen LogP contribution in [-0.2, 0) is 0 Å². The van der Waals surface area contributed by atoms with Crippen molar-refractivity contribution in [2.75, 3.05) is 20.1 Å². The van der Waals surface area contributed by atoms with Crippen molar-refractivity contribution in [3.8, 4) is 5.75 Å². The van der Waals surface area contributed by atoms with Crippen LogP contribution >= 0.6 is 15.9 Å². The molecule has 1 aromatic rings. The Morgan fingerprint density at radius 3 is 2.80 bits per heavy atom. The molecule has 5 heteroatoms. The molecule has 0 heterocycles. The average molecular weight is 273 g/mol. The number of amides is 1. The molecule has 0 unspecified atom stereocenters. The van der Waals surface area contributed by atoms with Gasteiger partial charge in [-0.05, 0) is 28.1 Å². The van der Waals surface area contributed by atoms with E-state index in [-0.39, 0.29) is 0 Å². The Morgan fingerprint density at radius 1 is 1.53 bits per heavy atom. The van der Waals surface area contributed by atoms with Crippen LogP contribution in [0.25, 0.3) is 0 Å². The number of benzene rings is 1. The third-order valence-electron chi connectivity index (χ3n) is 1.81. The lowest BCUT2D eigenvalue weighted by Gasteiger charge is -2.15. The Hall–Kier alpha value is -1.07. The van der Waals surface area contributed by atoms with Crippen LogP contribution < -0.4 is 10.5 Å².